The zero-order valence-corrected chi connectivity index (χ0v) is 14.0. The number of hydrogen-bond donors (Lipinski definition) is 2. The van der Waals surface area contributed by atoms with E-state index in [-0.39, 0.29) is 29.5 Å². The van der Waals surface area contributed by atoms with Crippen molar-refractivity contribution in [3.63, 3.8) is 0 Å². The minimum Gasteiger partial charge on any atom is -0.495 e. The highest BCUT2D eigenvalue weighted by Crippen LogP contribution is 2.27. The molecule has 0 saturated carbocycles. The van der Waals surface area contributed by atoms with Gasteiger partial charge in [-0.1, -0.05) is 0 Å². The Morgan fingerprint density at radius 2 is 1.91 bits per heavy atom. The molecule has 0 spiro atoms. The maximum atomic E-state index is 12.2. The van der Waals surface area contributed by atoms with Crippen LogP contribution in [0.4, 0.5) is 5.69 Å². The molecule has 0 aliphatic carbocycles. The van der Waals surface area contributed by atoms with E-state index in [1.807, 2.05) is 0 Å². The van der Waals surface area contributed by atoms with Gasteiger partial charge in [0, 0.05) is 19.9 Å². The zero-order valence-electron chi connectivity index (χ0n) is 13.2. The molecule has 1 aromatic rings. The number of carbonyl (C=O) groups excluding carboxylic acids is 2. The number of hydrogen-bond acceptors (Lipinski definition) is 6. The van der Waals surface area contributed by atoms with Crippen molar-refractivity contribution in [1.29, 1.82) is 0 Å². The first-order valence-electron chi connectivity index (χ1n) is 6.82. The second kappa shape index (κ2) is 8.49. The van der Waals surface area contributed by atoms with Crippen molar-refractivity contribution in [1.82, 2.24) is 4.72 Å². The van der Waals surface area contributed by atoms with Gasteiger partial charge in [-0.25, -0.2) is 13.1 Å². The average molecular weight is 344 g/mol. The average Bonchev–Trinajstić information content (AvgIpc) is 2.50. The fraction of sp³-hybridized carbons (Fsp3) is 0.429. The van der Waals surface area contributed by atoms with Crippen molar-refractivity contribution in [2.24, 2.45) is 0 Å². The molecule has 0 fully saturated rings. The summed E-state index contributed by atoms with van der Waals surface area (Å²) in [5.41, 5.74) is 0.262. The van der Waals surface area contributed by atoms with E-state index in [4.69, 9.17) is 4.74 Å². The summed E-state index contributed by atoms with van der Waals surface area (Å²) >= 11 is 0. The molecule has 9 heteroatoms. The predicted molar refractivity (Wildman–Crippen MR) is 83.7 cm³/mol. The quantitative estimate of drug-likeness (QED) is 0.535. The number of ether oxygens (including phenoxy) is 2. The van der Waals surface area contributed by atoms with Crippen LogP contribution < -0.4 is 14.8 Å². The van der Waals surface area contributed by atoms with Gasteiger partial charge < -0.3 is 14.8 Å². The molecule has 0 atom stereocenters. The molecule has 1 aromatic carbocycles. The number of anilines is 1. The molecule has 1 amide bonds. The Bertz CT molecular complexity index is 672. The highest BCUT2D eigenvalue weighted by atomic mass is 32.2. The molecular formula is C14H20N2O6S. The second-order valence-electron chi connectivity index (χ2n) is 4.62. The molecule has 8 nitrogen and oxygen atoms in total. The van der Waals surface area contributed by atoms with E-state index in [1.165, 1.54) is 39.3 Å². The predicted octanol–water partition coefficient (Wildman–Crippen LogP) is 0.885. The molecule has 23 heavy (non-hydrogen) atoms. The van der Waals surface area contributed by atoms with Crippen LogP contribution in [0.15, 0.2) is 23.1 Å². The molecule has 2 N–H and O–H groups in total. The first kappa shape index (κ1) is 18.9. The van der Waals surface area contributed by atoms with E-state index in [0.717, 1.165) is 0 Å². The first-order valence-corrected chi connectivity index (χ1v) is 8.30. The van der Waals surface area contributed by atoms with Crippen molar-refractivity contribution in [2.75, 3.05) is 26.1 Å². The van der Waals surface area contributed by atoms with Gasteiger partial charge in [0.05, 0.1) is 24.8 Å². The normalized spacial score (nSPS) is 10.9. The van der Waals surface area contributed by atoms with Crippen molar-refractivity contribution in [3.05, 3.63) is 18.2 Å². The molecule has 1 rings (SSSR count). The fourth-order valence-electron chi connectivity index (χ4n) is 1.77. The molecule has 0 bridgehead atoms. The van der Waals surface area contributed by atoms with Crippen LogP contribution in [0.3, 0.4) is 0 Å². The summed E-state index contributed by atoms with van der Waals surface area (Å²) in [7, 11) is -1.07. The number of benzene rings is 1. The van der Waals surface area contributed by atoms with Crippen LogP contribution in [-0.4, -0.2) is 41.1 Å². The van der Waals surface area contributed by atoms with E-state index in [0.29, 0.717) is 12.2 Å². The number of nitrogens with one attached hydrogen (secondary N) is 2. The van der Waals surface area contributed by atoms with Crippen LogP contribution in [0.1, 0.15) is 19.8 Å². The first-order chi connectivity index (χ1) is 10.8. The van der Waals surface area contributed by atoms with Crippen molar-refractivity contribution in [2.45, 2.75) is 24.7 Å². The van der Waals surface area contributed by atoms with Crippen LogP contribution in [0, 0.1) is 0 Å². The van der Waals surface area contributed by atoms with Gasteiger partial charge in [0.1, 0.15) is 5.75 Å². The Morgan fingerprint density at radius 3 is 2.48 bits per heavy atom. The molecule has 0 unspecified atom stereocenters. The Balaban J connectivity index is 2.83. The lowest BCUT2D eigenvalue weighted by Gasteiger charge is -2.12. The van der Waals surface area contributed by atoms with Crippen LogP contribution in [-0.2, 0) is 24.3 Å². The molecule has 0 aliphatic heterocycles. The summed E-state index contributed by atoms with van der Waals surface area (Å²) in [6.45, 7) is 1.41. The van der Waals surface area contributed by atoms with Gasteiger partial charge in [-0.15, -0.1) is 0 Å². The van der Waals surface area contributed by atoms with E-state index >= 15 is 0 Å². The minimum absolute atomic E-state index is 0.0138. The summed E-state index contributed by atoms with van der Waals surface area (Å²) in [5, 5.41) is 2.51. The summed E-state index contributed by atoms with van der Waals surface area (Å²) < 4.78 is 36.3. The van der Waals surface area contributed by atoms with Crippen LogP contribution in [0.25, 0.3) is 0 Å². The summed E-state index contributed by atoms with van der Waals surface area (Å²) in [6.07, 6.45) is 0.444. The summed E-state index contributed by atoms with van der Waals surface area (Å²) in [4.78, 5) is 22.1. The number of sulfonamides is 1. The van der Waals surface area contributed by atoms with Gasteiger partial charge in [-0.3, -0.25) is 9.59 Å². The highest BCUT2D eigenvalue weighted by molar-refractivity contribution is 7.89. The van der Waals surface area contributed by atoms with Gasteiger partial charge in [0.2, 0.25) is 15.9 Å². The van der Waals surface area contributed by atoms with Crippen LogP contribution in [0.5, 0.6) is 5.75 Å². The third-order valence-corrected chi connectivity index (χ3v) is 4.33. The minimum atomic E-state index is -3.76. The van der Waals surface area contributed by atoms with Gasteiger partial charge in [-0.05, 0) is 24.6 Å². The van der Waals surface area contributed by atoms with Gasteiger partial charge in [0.25, 0.3) is 0 Å². The maximum Gasteiger partial charge on any atom is 0.305 e. The molecule has 0 heterocycles. The Hall–Kier alpha value is -2.13. The molecule has 0 aliphatic rings. The number of rotatable bonds is 8. The topological polar surface area (TPSA) is 111 Å². The molecule has 128 valence electrons. The maximum absolute atomic E-state index is 12.2. The largest absolute Gasteiger partial charge is 0.495 e. The van der Waals surface area contributed by atoms with Crippen molar-refractivity contribution in [3.8, 4) is 5.75 Å². The standard InChI is InChI=1S/C14H20N2O6S/c1-10(17)16-12-9-11(6-7-13(12)21-2)23(19,20)15-8-4-5-14(18)22-3/h6-7,9,15H,4-5,8H2,1-3H3,(H,16,17). The number of methoxy groups -OCH3 is 2. The smallest absolute Gasteiger partial charge is 0.305 e. The van der Waals surface area contributed by atoms with Gasteiger partial charge >= 0.3 is 5.97 Å². The van der Waals surface area contributed by atoms with Gasteiger partial charge in [0.15, 0.2) is 0 Å². The molecule has 0 radical (unpaired) electrons. The van der Waals surface area contributed by atoms with E-state index in [9.17, 15) is 18.0 Å². The zero-order chi connectivity index (χ0) is 17.5. The lowest BCUT2D eigenvalue weighted by molar-refractivity contribution is -0.140. The van der Waals surface area contributed by atoms with E-state index in [2.05, 4.69) is 14.8 Å². The fourth-order valence-corrected chi connectivity index (χ4v) is 2.87. The monoisotopic (exact) mass is 344 g/mol. The van der Waals surface area contributed by atoms with E-state index < -0.39 is 16.0 Å². The molecular weight excluding hydrogens is 324 g/mol. The van der Waals surface area contributed by atoms with Crippen LogP contribution in [0.2, 0.25) is 0 Å². The van der Waals surface area contributed by atoms with Crippen LogP contribution >= 0.6 is 0 Å². The molecule has 0 saturated heterocycles. The van der Waals surface area contributed by atoms with Crippen molar-refractivity contribution >= 4 is 27.6 Å². The number of carbonyl (C=O) groups is 2. The third kappa shape index (κ3) is 5.87. The number of amides is 1. The lowest BCUT2D eigenvalue weighted by atomic mass is 10.3. The Kier molecular flexibility index (Phi) is 6.98. The van der Waals surface area contributed by atoms with Gasteiger partial charge in [-0.2, -0.15) is 0 Å². The number of esters is 1. The van der Waals surface area contributed by atoms with Crippen molar-refractivity contribution < 1.29 is 27.5 Å². The Labute approximate surface area is 135 Å². The Morgan fingerprint density at radius 1 is 1.22 bits per heavy atom. The second-order valence-corrected chi connectivity index (χ2v) is 6.39. The highest BCUT2D eigenvalue weighted by Gasteiger charge is 2.16. The summed E-state index contributed by atoms with van der Waals surface area (Å²) in [6, 6.07) is 4.13. The lowest BCUT2D eigenvalue weighted by Crippen LogP contribution is -2.25. The van der Waals surface area contributed by atoms with E-state index in [1.54, 1.807) is 0 Å². The SMILES string of the molecule is COC(=O)CCCNS(=O)(=O)c1ccc(OC)c(NC(C)=O)c1. The molecule has 0 aromatic heterocycles. The summed E-state index contributed by atoms with van der Waals surface area (Å²) in [5.74, 6) is -0.393. The third-order valence-electron chi connectivity index (χ3n) is 2.87.